The molecule has 0 aromatic heterocycles. The minimum Gasteiger partial charge on any atom is -0.469 e. The summed E-state index contributed by atoms with van der Waals surface area (Å²) in [7, 11) is 1.39. The molecule has 0 saturated carbocycles. The normalized spacial score (nSPS) is 11.4. The fourth-order valence-electron chi connectivity index (χ4n) is 2.76. The summed E-state index contributed by atoms with van der Waals surface area (Å²) in [4.78, 5) is 17.1. The first-order chi connectivity index (χ1) is 12.7. The predicted octanol–water partition coefficient (Wildman–Crippen LogP) is 4.50. The van der Waals surface area contributed by atoms with Crippen LogP contribution in [0.4, 0.5) is 0 Å². The molecule has 26 heavy (non-hydrogen) atoms. The molecule has 3 rings (SSSR count). The van der Waals surface area contributed by atoms with Gasteiger partial charge in [-0.2, -0.15) is 0 Å². The smallest absolute Gasteiger partial charge is 0.309 e. The SMILES string of the molecule is COC(=O)Cc1ccccc1CON=C(C)c1ccc2ccccc2c1. The number of carbonyl (C=O) groups is 1. The van der Waals surface area contributed by atoms with Crippen LogP contribution in [0.15, 0.2) is 71.9 Å². The highest BCUT2D eigenvalue weighted by molar-refractivity contribution is 6.01. The topological polar surface area (TPSA) is 47.9 Å². The van der Waals surface area contributed by atoms with E-state index in [0.717, 1.165) is 22.4 Å². The number of methoxy groups -OCH3 is 1. The van der Waals surface area contributed by atoms with Crippen LogP contribution in [0.3, 0.4) is 0 Å². The molecule has 0 unspecified atom stereocenters. The van der Waals surface area contributed by atoms with Crippen molar-refractivity contribution in [3.63, 3.8) is 0 Å². The third-order valence-corrected chi connectivity index (χ3v) is 4.27. The summed E-state index contributed by atoms with van der Waals surface area (Å²) in [6.07, 6.45) is 0.226. The lowest BCUT2D eigenvalue weighted by Crippen LogP contribution is -2.07. The van der Waals surface area contributed by atoms with Crippen molar-refractivity contribution in [1.82, 2.24) is 0 Å². The zero-order chi connectivity index (χ0) is 18.4. The summed E-state index contributed by atoms with van der Waals surface area (Å²) in [5.74, 6) is -0.270. The minimum atomic E-state index is -0.270. The molecule has 0 saturated heterocycles. The van der Waals surface area contributed by atoms with Crippen molar-refractivity contribution in [3.8, 4) is 0 Å². The number of esters is 1. The highest BCUT2D eigenvalue weighted by Gasteiger charge is 2.08. The van der Waals surface area contributed by atoms with Crippen LogP contribution in [0.2, 0.25) is 0 Å². The lowest BCUT2D eigenvalue weighted by atomic mass is 10.0. The molecule has 0 aliphatic carbocycles. The molecule has 4 heteroatoms. The van der Waals surface area contributed by atoms with Gasteiger partial charge in [0.1, 0.15) is 6.61 Å². The molecule has 0 heterocycles. The first-order valence-corrected chi connectivity index (χ1v) is 8.46. The molecular formula is C22H21NO3. The Morgan fingerprint density at radius 3 is 2.38 bits per heavy atom. The maximum absolute atomic E-state index is 11.5. The highest BCUT2D eigenvalue weighted by atomic mass is 16.6. The molecule has 0 aliphatic rings. The molecule has 3 aromatic carbocycles. The van der Waals surface area contributed by atoms with Gasteiger partial charge in [0.2, 0.25) is 0 Å². The van der Waals surface area contributed by atoms with Gasteiger partial charge in [-0.25, -0.2) is 0 Å². The first-order valence-electron chi connectivity index (χ1n) is 8.46. The van der Waals surface area contributed by atoms with E-state index in [2.05, 4.69) is 29.4 Å². The minimum absolute atomic E-state index is 0.226. The molecule has 0 fully saturated rings. The number of benzene rings is 3. The molecular weight excluding hydrogens is 326 g/mol. The summed E-state index contributed by atoms with van der Waals surface area (Å²) in [6.45, 7) is 2.22. The van der Waals surface area contributed by atoms with Gasteiger partial charge in [-0.3, -0.25) is 4.79 Å². The van der Waals surface area contributed by atoms with E-state index in [9.17, 15) is 4.79 Å². The first kappa shape index (κ1) is 17.7. The molecule has 4 nitrogen and oxygen atoms in total. The zero-order valence-corrected chi connectivity index (χ0v) is 14.9. The van der Waals surface area contributed by atoms with Crippen molar-refractivity contribution < 1.29 is 14.4 Å². The molecule has 132 valence electrons. The van der Waals surface area contributed by atoms with E-state index in [1.165, 1.54) is 17.9 Å². The second kappa shape index (κ2) is 8.30. The van der Waals surface area contributed by atoms with Crippen molar-refractivity contribution in [2.24, 2.45) is 5.16 Å². The van der Waals surface area contributed by atoms with Crippen molar-refractivity contribution in [1.29, 1.82) is 0 Å². The summed E-state index contributed by atoms with van der Waals surface area (Å²) in [6, 6.07) is 22.1. The van der Waals surface area contributed by atoms with Gasteiger partial charge in [0.05, 0.1) is 19.2 Å². The van der Waals surface area contributed by atoms with Crippen molar-refractivity contribution >= 4 is 22.5 Å². The number of oxime groups is 1. The molecule has 0 N–H and O–H groups in total. The molecule has 0 atom stereocenters. The van der Waals surface area contributed by atoms with E-state index in [0.29, 0.717) is 6.61 Å². The van der Waals surface area contributed by atoms with Crippen LogP contribution in [0.25, 0.3) is 10.8 Å². The maximum Gasteiger partial charge on any atom is 0.309 e. The van der Waals surface area contributed by atoms with Crippen LogP contribution in [-0.2, 0) is 27.4 Å². The monoisotopic (exact) mass is 347 g/mol. The maximum atomic E-state index is 11.5. The molecule has 0 amide bonds. The summed E-state index contributed by atoms with van der Waals surface area (Å²) < 4.78 is 4.74. The van der Waals surface area contributed by atoms with Crippen LogP contribution in [0, 0.1) is 0 Å². The number of ether oxygens (including phenoxy) is 1. The average Bonchev–Trinajstić information content (AvgIpc) is 2.68. The van der Waals surface area contributed by atoms with E-state index >= 15 is 0 Å². The Kier molecular flexibility index (Phi) is 5.64. The van der Waals surface area contributed by atoms with Gasteiger partial charge in [0.15, 0.2) is 0 Å². The third kappa shape index (κ3) is 4.28. The van der Waals surface area contributed by atoms with E-state index in [-0.39, 0.29) is 12.4 Å². The van der Waals surface area contributed by atoms with Crippen LogP contribution in [0.5, 0.6) is 0 Å². The van der Waals surface area contributed by atoms with Gasteiger partial charge in [-0.15, -0.1) is 0 Å². The highest BCUT2D eigenvalue weighted by Crippen LogP contribution is 2.17. The van der Waals surface area contributed by atoms with E-state index < -0.39 is 0 Å². The largest absolute Gasteiger partial charge is 0.469 e. The number of fused-ring (bicyclic) bond motifs is 1. The third-order valence-electron chi connectivity index (χ3n) is 4.27. The van der Waals surface area contributed by atoms with Gasteiger partial charge >= 0.3 is 5.97 Å². The molecule has 0 spiro atoms. The Labute approximate surface area is 153 Å². The van der Waals surface area contributed by atoms with Crippen LogP contribution >= 0.6 is 0 Å². The lowest BCUT2D eigenvalue weighted by molar-refractivity contribution is -0.139. The summed E-state index contributed by atoms with van der Waals surface area (Å²) in [5, 5.41) is 6.60. The number of hydrogen-bond acceptors (Lipinski definition) is 4. The quantitative estimate of drug-likeness (QED) is 0.375. The van der Waals surface area contributed by atoms with Gasteiger partial charge in [0.25, 0.3) is 0 Å². The molecule has 0 aliphatic heterocycles. The van der Waals surface area contributed by atoms with Gasteiger partial charge < -0.3 is 9.57 Å². The zero-order valence-electron chi connectivity index (χ0n) is 14.9. The fraction of sp³-hybridized carbons (Fsp3) is 0.182. The average molecular weight is 347 g/mol. The van der Waals surface area contributed by atoms with Crippen molar-refractivity contribution in [3.05, 3.63) is 83.4 Å². The second-order valence-corrected chi connectivity index (χ2v) is 6.03. The van der Waals surface area contributed by atoms with Crippen LogP contribution in [0.1, 0.15) is 23.6 Å². The van der Waals surface area contributed by atoms with Crippen LogP contribution in [-0.4, -0.2) is 18.8 Å². The van der Waals surface area contributed by atoms with E-state index in [4.69, 9.17) is 9.57 Å². The number of hydrogen-bond donors (Lipinski definition) is 0. The molecule has 0 radical (unpaired) electrons. The number of carbonyl (C=O) groups excluding carboxylic acids is 1. The summed E-state index contributed by atoms with van der Waals surface area (Å²) >= 11 is 0. The standard InChI is InChI=1S/C22H21NO3/c1-16(18-12-11-17-7-3-4-8-19(17)13-18)23-26-15-21-10-6-5-9-20(21)14-22(24)25-2/h3-13H,14-15H2,1-2H3. The lowest BCUT2D eigenvalue weighted by Gasteiger charge is -2.08. The van der Waals surface area contributed by atoms with Crippen LogP contribution < -0.4 is 0 Å². The fourth-order valence-corrected chi connectivity index (χ4v) is 2.76. The van der Waals surface area contributed by atoms with E-state index in [1.807, 2.05) is 49.4 Å². The van der Waals surface area contributed by atoms with E-state index in [1.54, 1.807) is 0 Å². The van der Waals surface area contributed by atoms with Gasteiger partial charge in [-0.05, 0) is 40.5 Å². The Hall–Kier alpha value is -3.14. The Morgan fingerprint density at radius 1 is 0.923 bits per heavy atom. The van der Waals surface area contributed by atoms with Gasteiger partial charge in [-0.1, -0.05) is 65.8 Å². The second-order valence-electron chi connectivity index (χ2n) is 6.03. The predicted molar refractivity (Wildman–Crippen MR) is 103 cm³/mol. The Morgan fingerprint density at radius 2 is 1.62 bits per heavy atom. The van der Waals surface area contributed by atoms with Crippen molar-refractivity contribution in [2.45, 2.75) is 20.0 Å². The number of rotatable bonds is 6. The number of nitrogens with zero attached hydrogens (tertiary/aromatic N) is 1. The summed E-state index contributed by atoms with van der Waals surface area (Å²) in [5.41, 5.74) is 3.64. The Bertz CT molecular complexity index is 947. The Balaban J connectivity index is 1.70. The molecule has 0 bridgehead atoms. The van der Waals surface area contributed by atoms with Gasteiger partial charge in [0, 0.05) is 0 Å². The molecule has 3 aromatic rings. The van der Waals surface area contributed by atoms with Crippen molar-refractivity contribution in [2.75, 3.05) is 7.11 Å².